The molecule has 1 heterocycles. The van der Waals surface area contributed by atoms with Gasteiger partial charge in [-0.25, -0.2) is 0 Å². The van der Waals surface area contributed by atoms with Crippen LogP contribution in [-0.4, -0.2) is 11.2 Å². The molecule has 0 saturated carbocycles. The van der Waals surface area contributed by atoms with E-state index in [0.29, 0.717) is 17.5 Å². The fraction of sp³-hybridized carbons (Fsp3) is 0.455. The van der Waals surface area contributed by atoms with Gasteiger partial charge in [-0.05, 0) is 26.7 Å². The summed E-state index contributed by atoms with van der Waals surface area (Å²) < 4.78 is 31.9. The van der Waals surface area contributed by atoms with E-state index in [2.05, 4.69) is 0 Å². The van der Waals surface area contributed by atoms with Crippen LogP contribution in [0, 0.1) is 18.6 Å². The Bertz CT molecular complexity index is 416. The summed E-state index contributed by atoms with van der Waals surface area (Å²) in [6, 6.07) is 0. The van der Waals surface area contributed by atoms with Crippen LogP contribution in [0.25, 0.3) is 0 Å². The minimum Gasteiger partial charge on any atom is -0.505 e. The van der Waals surface area contributed by atoms with Gasteiger partial charge in [0.05, 0.1) is 6.10 Å². The Labute approximate surface area is 86.5 Å². The number of fused-ring (bicyclic) bond motifs is 1. The predicted octanol–water partition coefficient (Wildman–Crippen LogP) is 2.69. The number of halogens is 2. The van der Waals surface area contributed by atoms with Crippen molar-refractivity contribution < 1.29 is 18.6 Å². The van der Waals surface area contributed by atoms with E-state index >= 15 is 0 Å². The molecular weight excluding hydrogens is 202 g/mol. The molecule has 0 fully saturated rings. The van der Waals surface area contributed by atoms with Crippen molar-refractivity contribution in [1.82, 2.24) is 0 Å². The van der Waals surface area contributed by atoms with Gasteiger partial charge in [0.1, 0.15) is 0 Å². The zero-order valence-corrected chi connectivity index (χ0v) is 8.60. The maximum absolute atomic E-state index is 13.4. The van der Waals surface area contributed by atoms with E-state index in [-0.39, 0.29) is 11.9 Å². The highest BCUT2D eigenvalue weighted by molar-refractivity contribution is 5.50. The van der Waals surface area contributed by atoms with Crippen LogP contribution in [0.1, 0.15) is 24.5 Å². The summed E-state index contributed by atoms with van der Waals surface area (Å²) in [6.45, 7) is 3.37. The number of benzene rings is 1. The predicted molar refractivity (Wildman–Crippen MR) is 51.2 cm³/mol. The van der Waals surface area contributed by atoms with Crippen LogP contribution in [-0.2, 0) is 6.42 Å². The molecule has 0 saturated heterocycles. The van der Waals surface area contributed by atoms with E-state index in [1.165, 1.54) is 0 Å². The number of hydrogen-bond acceptors (Lipinski definition) is 2. The Balaban J connectivity index is 2.65. The first-order chi connectivity index (χ1) is 7.02. The van der Waals surface area contributed by atoms with Gasteiger partial charge in [0.15, 0.2) is 11.5 Å². The molecule has 1 atom stereocenters. The molecule has 2 rings (SSSR count). The topological polar surface area (TPSA) is 29.5 Å². The number of aromatic hydroxyl groups is 1. The molecule has 0 spiro atoms. The first-order valence-electron chi connectivity index (χ1n) is 4.88. The standard InChI is InChI=1S/C11H12F2O2/c1-5-3-4-7-6(2)10(14)8(12)9(13)11(7)15-5/h5,14H,3-4H2,1-2H3. The highest BCUT2D eigenvalue weighted by Crippen LogP contribution is 2.39. The summed E-state index contributed by atoms with van der Waals surface area (Å²) >= 11 is 0. The molecule has 1 unspecified atom stereocenters. The summed E-state index contributed by atoms with van der Waals surface area (Å²) in [5, 5.41) is 9.34. The van der Waals surface area contributed by atoms with E-state index in [1.807, 2.05) is 6.92 Å². The number of ether oxygens (including phenoxy) is 1. The average molecular weight is 214 g/mol. The van der Waals surface area contributed by atoms with Crippen LogP contribution in [0.4, 0.5) is 8.78 Å². The summed E-state index contributed by atoms with van der Waals surface area (Å²) in [7, 11) is 0. The monoisotopic (exact) mass is 214 g/mol. The van der Waals surface area contributed by atoms with E-state index in [1.54, 1.807) is 6.92 Å². The van der Waals surface area contributed by atoms with Gasteiger partial charge in [0.25, 0.3) is 0 Å². The van der Waals surface area contributed by atoms with Gasteiger partial charge >= 0.3 is 0 Å². The molecule has 0 aromatic heterocycles. The van der Waals surface area contributed by atoms with Crippen LogP contribution >= 0.6 is 0 Å². The fourth-order valence-corrected chi connectivity index (χ4v) is 1.85. The first kappa shape index (κ1) is 10.2. The van der Waals surface area contributed by atoms with Gasteiger partial charge in [0.2, 0.25) is 11.6 Å². The summed E-state index contributed by atoms with van der Waals surface area (Å²) in [4.78, 5) is 0. The van der Waals surface area contributed by atoms with Crippen molar-refractivity contribution in [1.29, 1.82) is 0 Å². The molecule has 4 heteroatoms. The zero-order chi connectivity index (χ0) is 11.2. The van der Waals surface area contributed by atoms with Gasteiger partial charge in [-0.2, -0.15) is 8.78 Å². The minimum atomic E-state index is -1.22. The van der Waals surface area contributed by atoms with Gasteiger partial charge in [-0.1, -0.05) is 0 Å². The molecule has 1 aromatic rings. The van der Waals surface area contributed by atoms with Crippen molar-refractivity contribution in [3.05, 3.63) is 22.8 Å². The van der Waals surface area contributed by atoms with Crippen molar-refractivity contribution in [3.8, 4) is 11.5 Å². The van der Waals surface area contributed by atoms with Crippen LogP contribution < -0.4 is 4.74 Å². The lowest BCUT2D eigenvalue weighted by Gasteiger charge is -2.25. The van der Waals surface area contributed by atoms with E-state index in [9.17, 15) is 13.9 Å². The second kappa shape index (κ2) is 3.36. The van der Waals surface area contributed by atoms with E-state index in [0.717, 1.165) is 6.42 Å². The van der Waals surface area contributed by atoms with Crippen LogP contribution in [0.15, 0.2) is 0 Å². The lowest BCUT2D eigenvalue weighted by Crippen LogP contribution is -2.21. The van der Waals surface area contributed by atoms with E-state index in [4.69, 9.17) is 4.74 Å². The third-order valence-corrected chi connectivity index (χ3v) is 2.80. The second-order valence-corrected chi connectivity index (χ2v) is 3.88. The summed E-state index contributed by atoms with van der Waals surface area (Å²) in [5.74, 6) is -2.95. The molecule has 2 nitrogen and oxygen atoms in total. The van der Waals surface area contributed by atoms with E-state index < -0.39 is 17.4 Å². The maximum Gasteiger partial charge on any atom is 0.204 e. The molecular formula is C11H12F2O2. The van der Waals surface area contributed by atoms with Crippen molar-refractivity contribution in [2.45, 2.75) is 32.8 Å². The minimum absolute atomic E-state index is 0.0402. The smallest absolute Gasteiger partial charge is 0.204 e. The van der Waals surface area contributed by atoms with Crippen LogP contribution in [0.2, 0.25) is 0 Å². The van der Waals surface area contributed by atoms with Crippen molar-refractivity contribution in [3.63, 3.8) is 0 Å². The Morgan fingerprint density at radius 1 is 1.33 bits per heavy atom. The first-order valence-corrected chi connectivity index (χ1v) is 4.88. The van der Waals surface area contributed by atoms with Crippen LogP contribution in [0.3, 0.4) is 0 Å². The molecule has 0 amide bonds. The average Bonchev–Trinajstić information content (AvgIpc) is 2.23. The highest BCUT2D eigenvalue weighted by Gasteiger charge is 2.27. The van der Waals surface area contributed by atoms with Gasteiger partial charge in [0, 0.05) is 11.1 Å². The lowest BCUT2D eigenvalue weighted by atomic mass is 9.97. The van der Waals surface area contributed by atoms with Crippen molar-refractivity contribution >= 4 is 0 Å². The normalized spacial score (nSPS) is 19.6. The number of phenolic OH excluding ortho intramolecular Hbond substituents is 1. The second-order valence-electron chi connectivity index (χ2n) is 3.88. The molecule has 15 heavy (non-hydrogen) atoms. The molecule has 1 N–H and O–H groups in total. The SMILES string of the molecule is Cc1c(O)c(F)c(F)c2c1CCC(C)O2. The summed E-state index contributed by atoms with van der Waals surface area (Å²) in [6.07, 6.45) is 1.24. The van der Waals surface area contributed by atoms with Crippen LogP contribution in [0.5, 0.6) is 11.5 Å². The molecule has 0 radical (unpaired) electrons. The van der Waals surface area contributed by atoms with Gasteiger partial charge in [-0.3, -0.25) is 0 Å². The largest absolute Gasteiger partial charge is 0.505 e. The molecule has 0 aliphatic carbocycles. The Kier molecular flexibility index (Phi) is 2.29. The molecule has 1 aromatic carbocycles. The molecule has 0 bridgehead atoms. The number of phenols is 1. The zero-order valence-electron chi connectivity index (χ0n) is 8.60. The number of hydrogen-bond donors (Lipinski definition) is 1. The third kappa shape index (κ3) is 1.44. The van der Waals surface area contributed by atoms with Crippen molar-refractivity contribution in [2.75, 3.05) is 0 Å². The highest BCUT2D eigenvalue weighted by atomic mass is 19.2. The Morgan fingerprint density at radius 2 is 2.00 bits per heavy atom. The lowest BCUT2D eigenvalue weighted by molar-refractivity contribution is 0.179. The summed E-state index contributed by atoms with van der Waals surface area (Å²) in [5.41, 5.74) is 0.945. The third-order valence-electron chi connectivity index (χ3n) is 2.80. The Hall–Kier alpha value is -1.32. The molecule has 1 aliphatic rings. The number of rotatable bonds is 0. The Morgan fingerprint density at radius 3 is 2.67 bits per heavy atom. The van der Waals surface area contributed by atoms with Gasteiger partial charge < -0.3 is 9.84 Å². The quantitative estimate of drug-likeness (QED) is 0.719. The maximum atomic E-state index is 13.4. The van der Waals surface area contributed by atoms with Crippen molar-refractivity contribution in [2.24, 2.45) is 0 Å². The van der Waals surface area contributed by atoms with Gasteiger partial charge in [-0.15, -0.1) is 0 Å². The fourth-order valence-electron chi connectivity index (χ4n) is 1.85. The molecule has 82 valence electrons. The molecule has 1 aliphatic heterocycles.